The fraction of sp³-hybridized carbons (Fsp3) is 0.0500. The van der Waals surface area contributed by atoms with Crippen LogP contribution in [-0.2, 0) is 0 Å². The fourth-order valence-electron chi connectivity index (χ4n) is 2.73. The highest BCUT2D eigenvalue weighted by Crippen LogP contribution is 2.44. The Hall–Kier alpha value is -2.49. The molecule has 0 aliphatic rings. The van der Waals surface area contributed by atoms with Gasteiger partial charge in [-0.2, -0.15) is 0 Å². The number of aromatic nitrogens is 1. The van der Waals surface area contributed by atoms with Crippen LogP contribution in [0.15, 0.2) is 71.5 Å². The summed E-state index contributed by atoms with van der Waals surface area (Å²) in [6.45, 7) is -2.28. The summed E-state index contributed by atoms with van der Waals surface area (Å²) in [7, 11) is 0. The molecule has 0 radical (unpaired) electrons. The number of halogens is 2. The van der Waals surface area contributed by atoms with Crippen LogP contribution in [0.1, 0.15) is 9.68 Å². The Labute approximate surface area is 159 Å². The summed E-state index contributed by atoms with van der Waals surface area (Å²) in [5, 5.41) is 1.35. The van der Waals surface area contributed by atoms with Gasteiger partial charge in [-0.15, -0.1) is 0 Å². The zero-order valence-corrected chi connectivity index (χ0v) is 14.4. The van der Waals surface area contributed by atoms with Crippen molar-refractivity contribution in [2.45, 2.75) is 6.85 Å². The van der Waals surface area contributed by atoms with Crippen molar-refractivity contribution in [3.05, 3.63) is 82.7 Å². The molecule has 25 heavy (non-hydrogen) atoms. The number of rotatable bonds is 3. The lowest BCUT2D eigenvalue weighted by Crippen LogP contribution is -2.10. The van der Waals surface area contributed by atoms with Gasteiger partial charge in [-0.05, 0) is 42.7 Å². The van der Waals surface area contributed by atoms with Gasteiger partial charge in [0.1, 0.15) is 6.26 Å². The number of aryl methyl sites for hydroxylation is 1. The van der Waals surface area contributed by atoms with E-state index in [0.717, 1.165) is 5.69 Å². The zero-order valence-electron chi connectivity index (χ0n) is 15.9. The standard InChI is InChI=1S/C20H14Cl2N2O/c1-13-10-15-18(12-25-20(15)23-11-13)24(14-6-3-2-4-7-14)17-9-5-8-16(21)19(17)22/h2-12H,1H3/i1D3. The number of fused-ring (bicyclic) bond motifs is 1. The highest BCUT2D eigenvalue weighted by atomic mass is 35.5. The fourth-order valence-corrected chi connectivity index (χ4v) is 3.11. The molecule has 0 fully saturated rings. The lowest BCUT2D eigenvalue weighted by atomic mass is 10.1. The zero-order chi connectivity index (χ0) is 19.9. The average molecular weight is 372 g/mol. The van der Waals surface area contributed by atoms with E-state index in [-0.39, 0.29) is 5.56 Å². The van der Waals surface area contributed by atoms with Gasteiger partial charge in [0.05, 0.1) is 26.8 Å². The van der Waals surface area contributed by atoms with E-state index in [1.54, 1.807) is 18.2 Å². The monoisotopic (exact) mass is 371 g/mol. The molecule has 0 aliphatic carbocycles. The molecular weight excluding hydrogens is 355 g/mol. The maximum atomic E-state index is 7.68. The van der Waals surface area contributed by atoms with Crippen LogP contribution in [0.2, 0.25) is 10.0 Å². The molecule has 2 aromatic heterocycles. The topological polar surface area (TPSA) is 29.3 Å². The van der Waals surface area contributed by atoms with E-state index < -0.39 is 6.85 Å². The minimum Gasteiger partial charge on any atom is -0.444 e. The third-order valence-corrected chi connectivity index (χ3v) is 4.65. The van der Waals surface area contributed by atoms with Crippen molar-refractivity contribution in [2.75, 3.05) is 4.90 Å². The van der Waals surface area contributed by atoms with Gasteiger partial charge in [0.15, 0.2) is 0 Å². The van der Waals surface area contributed by atoms with E-state index in [0.29, 0.717) is 32.5 Å². The summed E-state index contributed by atoms with van der Waals surface area (Å²) >= 11 is 12.7. The highest BCUT2D eigenvalue weighted by Gasteiger charge is 2.21. The van der Waals surface area contributed by atoms with Crippen molar-refractivity contribution in [2.24, 2.45) is 0 Å². The number of para-hydroxylation sites is 1. The van der Waals surface area contributed by atoms with E-state index in [4.69, 9.17) is 31.7 Å². The molecule has 4 rings (SSSR count). The summed E-state index contributed by atoms with van der Waals surface area (Å²) in [6.07, 6.45) is 2.84. The van der Waals surface area contributed by atoms with Crippen molar-refractivity contribution in [1.82, 2.24) is 4.98 Å². The third-order valence-electron chi connectivity index (χ3n) is 3.84. The van der Waals surface area contributed by atoms with Crippen LogP contribution < -0.4 is 4.90 Å². The lowest BCUT2D eigenvalue weighted by molar-refractivity contribution is 0.603. The molecule has 2 heterocycles. The first-order valence-electron chi connectivity index (χ1n) is 9.03. The van der Waals surface area contributed by atoms with Gasteiger partial charge >= 0.3 is 0 Å². The second-order valence-electron chi connectivity index (χ2n) is 5.44. The van der Waals surface area contributed by atoms with Crippen LogP contribution in [0.4, 0.5) is 17.1 Å². The van der Waals surface area contributed by atoms with Gasteiger partial charge < -0.3 is 9.32 Å². The number of furan rings is 1. The van der Waals surface area contributed by atoms with Gasteiger partial charge in [0.25, 0.3) is 0 Å². The normalized spacial score (nSPS) is 13.3. The van der Waals surface area contributed by atoms with Crippen LogP contribution in [-0.4, -0.2) is 4.98 Å². The molecule has 3 nitrogen and oxygen atoms in total. The van der Waals surface area contributed by atoms with Crippen molar-refractivity contribution >= 4 is 51.4 Å². The number of anilines is 3. The number of hydrogen-bond donors (Lipinski definition) is 0. The Morgan fingerprint density at radius 2 is 1.88 bits per heavy atom. The van der Waals surface area contributed by atoms with Gasteiger partial charge in [-0.25, -0.2) is 4.98 Å². The number of benzene rings is 2. The lowest BCUT2D eigenvalue weighted by Gasteiger charge is -2.25. The van der Waals surface area contributed by atoms with Crippen molar-refractivity contribution in [3.8, 4) is 0 Å². The summed E-state index contributed by atoms with van der Waals surface area (Å²) < 4.78 is 28.6. The number of pyridine rings is 1. The largest absolute Gasteiger partial charge is 0.444 e. The molecule has 2 aromatic carbocycles. The molecule has 0 bridgehead atoms. The molecular formula is C20H14Cl2N2O. The number of nitrogens with zero attached hydrogens (tertiary/aromatic N) is 2. The van der Waals surface area contributed by atoms with Gasteiger partial charge in [-0.3, -0.25) is 0 Å². The maximum absolute atomic E-state index is 7.68. The predicted octanol–water partition coefficient (Wildman–Crippen LogP) is 6.91. The summed E-state index contributed by atoms with van der Waals surface area (Å²) in [6, 6.07) is 16.4. The molecule has 124 valence electrons. The molecule has 0 saturated heterocycles. The molecule has 4 aromatic rings. The SMILES string of the molecule is [2H]C([2H])([2H])c1cnc2occ(N(c3ccccc3)c3cccc(Cl)c3Cl)c2c1. The molecule has 0 amide bonds. The van der Waals surface area contributed by atoms with Gasteiger partial charge in [-0.1, -0.05) is 47.5 Å². The van der Waals surface area contributed by atoms with E-state index in [2.05, 4.69) is 4.98 Å². The maximum Gasteiger partial charge on any atom is 0.228 e. The van der Waals surface area contributed by atoms with Crippen molar-refractivity contribution < 1.29 is 8.53 Å². The third kappa shape index (κ3) is 2.86. The summed E-state index contributed by atoms with van der Waals surface area (Å²) in [5.41, 5.74) is 2.54. The minimum absolute atomic E-state index is 0.132. The minimum atomic E-state index is -2.28. The predicted molar refractivity (Wildman–Crippen MR) is 103 cm³/mol. The van der Waals surface area contributed by atoms with E-state index in [9.17, 15) is 0 Å². The quantitative estimate of drug-likeness (QED) is 0.391. The van der Waals surface area contributed by atoms with E-state index in [1.807, 2.05) is 41.3 Å². The molecule has 0 spiro atoms. The first kappa shape index (κ1) is 12.8. The molecule has 0 atom stereocenters. The smallest absolute Gasteiger partial charge is 0.228 e. The van der Waals surface area contributed by atoms with Crippen LogP contribution >= 0.6 is 23.2 Å². The van der Waals surface area contributed by atoms with Gasteiger partial charge in [0.2, 0.25) is 5.71 Å². The Morgan fingerprint density at radius 1 is 1.04 bits per heavy atom. The summed E-state index contributed by atoms with van der Waals surface area (Å²) in [5.74, 6) is 0. The Kier molecular flexibility index (Phi) is 3.30. The van der Waals surface area contributed by atoms with E-state index >= 15 is 0 Å². The summed E-state index contributed by atoms with van der Waals surface area (Å²) in [4.78, 5) is 6.03. The van der Waals surface area contributed by atoms with Crippen molar-refractivity contribution in [3.63, 3.8) is 0 Å². The van der Waals surface area contributed by atoms with Crippen LogP contribution in [0.5, 0.6) is 0 Å². The van der Waals surface area contributed by atoms with E-state index in [1.165, 1.54) is 12.5 Å². The molecule has 0 saturated carbocycles. The number of hydrogen-bond acceptors (Lipinski definition) is 3. The van der Waals surface area contributed by atoms with Crippen LogP contribution in [0, 0.1) is 6.85 Å². The average Bonchev–Trinajstić information content (AvgIpc) is 3.09. The Morgan fingerprint density at radius 3 is 2.68 bits per heavy atom. The molecule has 5 heteroatoms. The van der Waals surface area contributed by atoms with Crippen molar-refractivity contribution in [1.29, 1.82) is 0 Å². The van der Waals surface area contributed by atoms with Crippen LogP contribution in [0.3, 0.4) is 0 Å². The Balaban J connectivity index is 1.99. The second kappa shape index (κ2) is 6.43. The molecule has 0 N–H and O–H groups in total. The highest BCUT2D eigenvalue weighted by molar-refractivity contribution is 6.44. The van der Waals surface area contributed by atoms with Crippen LogP contribution in [0.25, 0.3) is 11.1 Å². The second-order valence-corrected chi connectivity index (χ2v) is 6.23. The van der Waals surface area contributed by atoms with Gasteiger partial charge in [0, 0.05) is 16.0 Å². The molecule has 0 unspecified atom stereocenters. The Bertz CT molecular complexity index is 1140. The molecule has 0 aliphatic heterocycles. The first-order valence-corrected chi connectivity index (χ1v) is 8.29. The first-order chi connectivity index (χ1) is 13.4.